The lowest BCUT2D eigenvalue weighted by Gasteiger charge is -2.07. The van der Waals surface area contributed by atoms with Crippen LogP contribution in [0.15, 0.2) is 41.8 Å². The van der Waals surface area contributed by atoms with Crippen LogP contribution in [0.1, 0.15) is 20.8 Å². The smallest absolute Gasteiger partial charge is 0.314 e. The Labute approximate surface area is 133 Å². The van der Waals surface area contributed by atoms with Crippen LogP contribution in [0.2, 0.25) is 0 Å². The van der Waals surface area contributed by atoms with E-state index in [9.17, 15) is 9.59 Å². The maximum Gasteiger partial charge on any atom is 0.314 e. The normalized spacial score (nSPS) is 10.2. The van der Waals surface area contributed by atoms with E-state index in [-0.39, 0.29) is 6.03 Å². The minimum Gasteiger partial charge on any atom is -0.366 e. The van der Waals surface area contributed by atoms with E-state index in [4.69, 9.17) is 5.73 Å². The fourth-order valence-electron chi connectivity index (χ4n) is 2.02. The largest absolute Gasteiger partial charge is 0.366 e. The number of hydrogen-bond donors (Lipinski definition) is 3. The van der Waals surface area contributed by atoms with Crippen LogP contribution in [-0.4, -0.2) is 25.0 Å². The highest BCUT2D eigenvalue weighted by Gasteiger charge is 2.03. The van der Waals surface area contributed by atoms with Gasteiger partial charge in [0, 0.05) is 23.5 Å². The number of carbonyl (C=O) groups is 2. The number of thiophene rings is 1. The predicted octanol–water partition coefficient (Wildman–Crippen LogP) is 1.93. The molecule has 6 heteroatoms. The Morgan fingerprint density at radius 1 is 1.05 bits per heavy atom. The summed E-state index contributed by atoms with van der Waals surface area (Å²) in [6, 6.07) is 11.0. The zero-order valence-electron chi connectivity index (χ0n) is 12.2. The molecule has 3 amide bonds. The second-order valence-corrected chi connectivity index (χ2v) is 5.86. The van der Waals surface area contributed by atoms with E-state index in [1.54, 1.807) is 29.5 Å². The van der Waals surface area contributed by atoms with Crippen LogP contribution in [0, 0.1) is 0 Å². The zero-order valence-corrected chi connectivity index (χ0v) is 13.0. The molecule has 2 aromatic rings. The summed E-state index contributed by atoms with van der Waals surface area (Å²) in [6.07, 6.45) is 1.49. The highest BCUT2D eigenvalue weighted by Crippen LogP contribution is 2.08. The fraction of sp³-hybridized carbons (Fsp3) is 0.250. The molecule has 0 aliphatic carbocycles. The molecule has 2 rings (SSSR count). The second-order valence-electron chi connectivity index (χ2n) is 4.83. The summed E-state index contributed by atoms with van der Waals surface area (Å²) < 4.78 is 0. The van der Waals surface area contributed by atoms with Gasteiger partial charge in [0.15, 0.2) is 0 Å². The van der Waals surface area contributed by atoms with Crippen molar-refractivity contribution >= 4 is 23.3 Å². The third kappa shape index (κ3) is 5.21. The second kappa shape index (κ2) is 8.19. The Balaban J connectivity index is 1.66. The summed E-state index contributed by atoms with van der Waals surface area (Å²) in [5, 5.41) is 7.64. The number of urea groups is 1. The van der Waals surface area contributed by atoms with Gasteiger partial charge in [-0.2, -0.15) is 0 Å². The van der Waals surface area contributed by atoms with Crippen molar-refractivity contribution in [2.24, 2.45) is 5.73 Å². The third-order valence-corrected chi connectivity index (χ3v) is 4.08. The van der Waals surface area contributed by atoms with Crippen molar-refractivity contribution in [1.82, 2.24) is 10.6 Å². The van der Waals surface area contributed by atoms with Crippen molar-refractivity contribution < 1.29 is 9.59 Å². The Kier molecular flexibility index (Phi) is 5.97. The van der Waals surface area contributed by atoms with Crippen molar-refractivity contribution in [1.29, 1.82) is 0 Å². The van der Waals surface area contributed by atoms with Crippen molar-refractivity contribution in [3.63, 3.8) is 0 Å². The van der Waals surface area contributed by atoms with Gasteiger partial charge in [0.2, 0.25) is 5.91 Å². The van der Waals surface area contributed by atoms with Crippen molar-refractivity contribution in [2.45, 2.75) is 12.8 Å². The molecule has 0 saturated carbocycles. The molecule has 1 aromatic heterocycles. The highest BCUT2D eigenvalue weighted by molar-refractivity contribution is 7.09. The van der Waals surface area contributed by atoms with E-state index >= 15 is 0 Å². The maximum absolute atomic E-state index is 11.6. The number of nitrogens with one attached hydrogen (secondary N) is 2. The minimum absolute atomic E-state index is 0.178. The van der Waals surface area contributed by atoms with Crippen molar-refractivity contribution in [3.8, 4) is 0 Å². The van der Waals surface area contributed by atoms with Gasteiger partial charge in [-0.3, -0.25) is 4.79 Å². The van der Waals surface area contributed by atoms with E-state index in [1.165, 1.54) is 4.88 Å². The number of carbonyl (C=O) groups excluding carboxylic acids is 2. The van der Waals surface area contributed by atoms with E-state index in [0.29, 0.717) is 25.1 Å². The molecule has 1 aromatic carbocycles. The number of rotatable bonds is 7. The van der Waals surface area contributed by atoms with Crippen LogP contribution in [0.25, 0.3) is 0 Å². The van der Waals surface area contributed by atoms with Crippen LogP contribution in [-0.2, 0) is 12.8 Å². The van der Waals surface area contributed by atoms with E-state index in [2.05, 4.69) is 16.7 Å². The van der Waals surface area contributed by atoms with Crippen LogP contribution in [0.3, 0.4) is 0 Å². The van der Waals surface area contributed by atoms with Gasteiger partial charge in [0.1, 0.15) is 0 Å². The number of amides is 3. The predicted molar refractivity (Wildman–Crippen MR) is 88.1 cm³/mol. The summed E-state index contributed by atoms with van der Waals surface area (Å²) in [6.45, 7) is 1.12. The van der Waals surface area contributed by atoms with Gasteiger partial charge in [-0.1, -0.05) is 18.2 Å². The highest BCUT2D eigenvalue weighted by atomic mass is 32.1. The molecule has 0 radical (unpaired) electrons. The van der Waals surface area contributed by atoms with Crippen molar-refractivity contribution in [2.75, 3.05) is 13.1 Å². The van der Waals surface area contributed by atoms with E-state index < -0.39 is 5.91 Å². The van der Waals surface area contributed by atoms with Crippen LogP contribution < -0.4 is 16.4 Å². The lowest BCUT2D eigenvalue weighted by molar-refractivity contribution is 0.1000. The van der Waals surface area contributed by atoms with Gasteiger partial charge in [-0.15, -0.1) is 11.3 Å². The molecular formula is C16H19N3O2S. The molecule has 0 spiro atoms. The summed E-state index contributed by atoms with van der Waals surface area (Å²) in [7, 11) is 0. The summed E-state index contributed by atoms with van der Waals surface area (Å²) in [5.74, 6) is -0.443. The third-order valence-electron chi connectivity index (χ3n) is 3.15. The molecule has 0 saturated heterocycles. The minimum atomic E-state index is -0.443. The van der Waals surface area contributed by atoms with Gasteiger partial charge in [-0.05, 0) is 42.0 Å². The average molecular weight is 317 g/mol. The summed E-state index contributed by atoms with van der Waals surface area (Å²) in [5.41, 5.74) is 6.69. The first-order chi connectivity index (χ1) is 10.6. The molecule has 0 unspecified atom stereocenters. The van der Waals surface area contributed by atoms with Crippen molar-refractivity contribution in [3.05, 3.63) is 57.8 Å². The van der Waals surface area contributed by atoms with Gasteiger partial charge in [0.25, 0.3) is 0 Å². The number of hydrogen-bond acceptors (Lipinski definition) is 3. The lowest BCUT2D eigenvalue weighted by Crippen LogP contribution is -2.37. The van der Waals surface area contributed by atoms with Gasteiger partial charge in [-0.25, -0.2) is 4.79 Å². The first-order valence-electron chi connectivity index (χ1n) is 7.08. The summed E-state index contributed by atoms with van der Waals surface area (Å²) >= 11 is 1.68. The molecule has 1 heterocycles. The Hall–Kier alpha value is -2.34. The number of nitrogens with two attached hydrogens (primary N) is 1. The molecule has 4 N–H and O–H groups in total. The molecule has 5 nitrogen and oxygen atoms in total. The van der Waals surface area contributed by atoms with Gasteiger partial charge in [0.05, 0.1) is 0 Å². The zero-order chi connectivity index (χ0) is 15.8. The molecule has 0 aliphatic rings. The standard InChI is InChI=1S/C16H19N3O2S/c17-15(20)13-4-1-3-12(11-13)6-8-18-16(21)19-9-7-14-5-2-10-22-14/h1-5,10-11H,6-9H2,(H2,17,20)(H2,18,19,21). The quantitative estimate of drug-likeness (QED) is 0.729. The van der Waals surface area contributed by atoms with Crippen LogP contribution in [0.4, 0.5) is 4.79 Å². The first-order valence-corrected chi connectivity index (χ1v) is 7.96. The maximum atomic E-state index is 11.6. The lowest BCUT2D eigenvalue weighted by atomic mass is 10.1. The summed E-state index contributed by atoms with van der Waals surface area (Å²) in [4.78, 5) is 24.0. The number of primary amides is 1. The molecule has 22 heavy (non-hydrogen) atoms. The molecule has 116 valence electrons. The Morgan fingerprint density at radius 2 is 1.82 bits per heavy atom. The average Bonchev–Trinajstić information content (AvgIpc) is 3.01. The Bertz CT molecular complexity index is 626. The van der Waals surface area contributed by atoms with E-state index in [1.807, 2.05) is 17.5 Å². The van der Waals surface area contributed by atoms with Crippen LogP contribution in [0.5, 0.6) is 0 Å². The fourth-order valence-corrected chi connectivity index (χ4v) is 2.73. The first kappa shape index (κ1) is 16.0. The molecular weight excluding hydrogens is 298 g/mol. The monoisotopic (exact) mass is 317 g/mol. The van der Waals surface area contributed by atoms with Crippen LogP contribution >= 0.6 is 11.3 Å². The topological polar surface area (TPSA) is 84.2 Å². The van der Waals surface area contributed by atoms with Gasteiger partial charge < -0.3 is 16.4 Å². The van der Waals surface area contributed by atoms with Gasteiger partial charge >= 0.3 is 6.03 Å². The molecule has 0 bridgehead atoms. The molecule has 0 atom stereocenters. The van der Waals surface area contributed by atoms with E-state index in [0.717, 1.165) is 12.0 Å². The molecule has 0 aliphatic heterocycles. The number of benzene rings is 1. The Morgan fingerprint density at radius 3 is 2.50 bits per heavy atom. The molecule has 0 fully saturated rings. The SMILES string of the molecule is NC(=O)c1cccc(CCNC(=O)NCCc2cccs2)c1.